The van der Waals surface area contributed by atoms with Crippen LogP contribution in [0.1, 0.15) is 173 Å². The third-order valence-corrected chi connectivity index (χ3v) is 27.8. The van der Waals surface area contributed by atoms with Gasteiger partial charge >= 0.3 is 0 Å². The zero-order valence-corrected chi connectivity index (χ0v) is 56.3. The Bertz CT molecular complexity index is 1920. The van der Waals surface area contributed by atoms with Crippen molar-refractivity contribution in [3.05, 3.63) is 82.5 Å². The van der Waals surface area contributed by atoms with Crippen LogP contribution in [0.25, 0.3) is 0 Å². The maximum absolute atomic E-state index is 6.84. The zero-order valence-electron chi connectivity index (χ0n) is 45.5. The first-order valence-corrected chi connectivity index (χ1v) is 35.7. The fraction of sp³-hybridized carbons (Fsp3) is 0.759. The van der Waals surface area contributed by atoms with E-state index >= 15 is 0 Å². The Kier molecular flexibility index (Phi) is 21.4. The molecule has 382 valence electrons. The molecule has 0 N–H and O–H groups in total. The molecule has 0 aromatic rings. The zero-order chi connectivity index (χ0) is 49.6. The highest BCUT2D eigenvalue weighted by Gasteiger charge is 2.70. The van der Waals surface area contributed by atoms with E-state index in [1.54, 1.807) is 16.7 Å². The summed E-state index contributed by atoms with van der Waals surface area (Å²) in [7, 11) is -3.61. The molecule has 5 saturated carbocycles. The van der Waals surface area contributed by atoms with Gasteiger partial charge in [-0.15, -0.1) is 24.0 Å². The highest BCUT2D eigenvalue weighted by molar-refractivity contribution is 14.3. The predicted octanol–water partition coefficient (Wildman–Crippen LogP) is 20.2. The van der Waals surface area contributed by atoms with Crippen LogP contribution in [-0.2, 0) is 13.6 Å². The van der Waals surface area contributed by atoms with Gasteiger partial charge in [-0.3, -0.25) is 0 Å². The third kappa shape index (κ3) is 13.8. The summed E-state index contributed by atoms with van der Waals surface area (Å²) in [5.41, 5.74) is 11.2. The van der Waals surface area contributed by atoms with Crippen LogP contribution in [0, 0.1) is 40.4 Å². The molecule has 6 aliphatic carbocycles. The Labute approximate surface area is 473 Å². The monoisotopic (exact) mass is 1400 g/mol. The van der Waals surface area contributed by atoms with Gasteiger partial charge in [0.25, 0.3) is 0 Å². The van der Waals surface area contributed by atoms with Crippen molar-refractivity contribution in [3.8, 4) is 0 Å². The standard InChI is InChI=1S/C29H48OSi.C28H46O2Si.CHI3.HI/c1-20(2)25-15-16-26-23(12-11-17-29(25,26)8)13-14-24-18-21(3)19-27(22(24)4)30-31(9,10)28(5,6)7;1-19-17-23(20(2)25(18-19)30-31(8,9)26(4,5)6)13-12-22-11-10-15-27(7)24(22)14-16-28(27)21(3)29-28;2-1(3)4;/h13-15,20-21,26-27H,4,11-12,16-19H2,1-3,5-10H3;12-13,19,21,24-25H,2,10-11,14-18H2,1,3-9H3;1H;1H/b23-13+,24-14-;22-12+,23-13-;;/t21?,26?,27?,29-;19?,21-,24?,25?,27-,28-;;/m10../s1. The molecular formula is C58H96I4O3Si2. The lowest BCUT2D eigenvalue weighted by Crippen LogP contribution is -2.45. The minimum atomic E-state index is -1.81. The Hall–Kier alpha value is 1.41. The van der Waals surface area contributed by atoms with Crippen LogP contribution in [0.3, 0.4) is 0 Å². The van der Waals surface area contributed by atoms with Crippen molar-refractivity contribution in [3.63, 3.8) is 0 Å². The Morgan fingerprint density at radius 3 is 1.54 bits per heavy atom. The number of allylic oxidation sites excluding steroid dienone is 8. The van der Waals surface area contributed by atoms with Crippen LogP contribution < -0.4 is 0 Å². The van der Waals surface area contributed by atoms with Gasteiger partial charge < -0.3 is 13.6 Å². The molecule has 1 saturated heterocycles. The molecule has 0 radical (unpaired) electrons. The van der Waals surface area contributed by atoms with Crippen molar-refractivity contribution in [1.29, 1.82) is 0 Å². The molecule has 0 bridgehead atoms. The molecule has 1 heterocycles. The quantitative estimate of drug-likeness (QED) is 0.0837. The predicted molar refractivity (Wildman–Crippen MR) is 334 cm³/mol. The molecule has 0 aromatic heterocycles. The summed E-state index contributed by atoms with van der Waals surface area (Å²) in [6.07, 6.45) is 29.3. The van der Waals surface area contributed by atoms with Crippen LogP contribution in [0.15, 0.2) is 82.5 Å². The van der Waals surface area contributed by atoms with E-state index in [0.29, 0.717) is 46.5 Å². The number of ether oxygens (including phenoxy) is 1. The van der Waals surface area contributed by atoms with Crippen molar-refractivity contribution in [1.82, 2.24) is 0 Å². The molecule has 6 fully saturated rings. The topological polar surface area (TPSA) is 31.0 Å². The SMILES string of the molecule is C=C1/C(=C\C=C2/CCC[C@@]3(C)C2CC[C@@]32O[C@H]2C)CC(C)CC1O[Si](C)(C)C(C)(C)C.C=C1/C(=C\C=C2/CCC[C@]3(C)C(C(C)C)=CCC23)CC(C)CC1O[Si](C)(C)C(C)(C)C.I.IC(I)I. The minimum Gasteiger partial charge on any atom is -0.410 e. The minimum absolute atomic E-state index is 0. The average molecular weight is 1410 g/mol. The summed E-state index contributed by atoms with van der Waals surface area (Å²) in [6.45, 7) is 49.3. The van der Waals surface area contributed by atoms with Gasteiger partial charge in [0.2, 0.25) is 0 Å². The summed E-state index contributed by atoms with van der Waals surface area (Å²) in [6, 6.07) is 0. The molecule has 6 unspecified atom stereocenters. The van der Waals surface area contributed by atoms with Crippen LogP contribution in [0.4, 0.5) is 0 Å². The maximum Gasteiger partial charge on any atom is 0.192 e. The van der Waals surface area contributed by atoms with E-state index in [1.165, 1.54) is 80.1 Å². The lowest BCUT2D eigenvalue weighted by Gasteiger charge is -2.43. The molecular weight excluding hydrogens is 1310 g/mol. The number of alkyl halides is 3. The largest absolute Gasteiger partial charge is 0.410 e. The molecule has 7 rings (SSSR count). The van der Waals surface area contributed by atoms with Gasteiger partial charge in [-0.05, 0) is 184 Å². The number of fused-ring (bicyclic) bond motifs is 3. The molecule has 1 spiro atoms. The summed E-state index contributed by atoms with van der Waals surface area (Å²) >= 11 is 6.95. The summed E-state index contributed by atoms with van der Waals surface area (Å²) in [4.78, 5) is 0. The first-order valence-electron chi connectivity index (χ1n) is 26.1. The molecule has 7 aliphatic rings. The normalized spacial score (nSPS) is 37.0. The molecule has 0 amide bonds. The van der Waals surface area contributed by atoms with Gasteiger partial charge in [0.15, 0.2) is 16.6 Å². The van der Waals surface area contributed by atoms with Gasteiger partial charge in [0.1, 0.15) is 5.54 Å². The van der Waals surface area contributed by atoms with Crippen molar-refractivity contribution < 1.29 is 13.6 Å². The number of halogens is 4. The van der Waals surface area contributed by atoms with E-state index in [4.69, 9.17) is 13.6 Å². The van der Waals surface area contributed by atoms with Gasteiger partial charge in [-0.25, -0.2) is 0 Å². The van der Waals surface area contributed by atoms with Gasteiger partial charge in [0.05, 0.1) is 18.3 Å². The summed E-state index contributed by atoms with van der Waals surface area (Å²) in [5, 5.41) is 0.461. The van der Waals surface area contributed by atoms with Crippen molar-refractivity contribution in [2.75, 3.05) is 0 Å². The first kappa shape index (κ1) is 61.0. The van der Waals surface area contributed by atoms with Crippen LogP contribution in [0.2, 0.25) is 36.3 Å². The van der Waals surface area contributed by atoms with E-state index in [1.807, 2.05) is 0 Å². The third-order valence-electron chi connectivity index (χ3n) is 18.8. The highest BCUT2D eigenvalue weighted by atomic mass is 127. The Balaban J connectivity index is 0.000000267. The van der Waals surface area contributed by atoms with E-state index in [0.717, 1.165) is 25.6 Å². The first-order chi connectivity index (χ1) is 30.3. The molecule has 9 heteroatoms. The van der Waals surface area contributed by atoms with Crippen LogP contribution >= 0.6 is 91.7 Å². The second-order valence-electron chi connectivity index (χ2n) is 25.9. The lowest BCUT2D eigenvalue weighted by atomic mass is 9.62. The Morgan fingerprint density at radius 1 is 0.716 bits per heavy atom. The molecule has 3 nitrogen and oxygen atoms in total. The smallest absolute Gasteiger partial charge is 0.192 e. The van der Waals surface area contributed by atoms with E-state index in [2.05, 4.69) is 228 Å². The average Bonchev–Trinajstić information content (AvgIpc) is 3.56. The molecule has 67 heavy (non-hydrogen) atoms. The highest BCUT2D eigenvalue weighted by Crippen LogP contribution is 2.68. The van der Waals surface area contributed by atoms with E-state index in [9.17, 15) is 0 Å². The van der Waals surface area contributed by atoms with Gasteiger partial charge in [-0.1, -0.05) is 211 Å². The lowest BCUT2D eigenvalue weighted by molar-refractivity contribution is 0.0944. The van der Waals surface area contributed by atoms with Crippen LogP contribution in [0.5, 0.6) is 0 Å². The number of hydrogen-bond donors (Lipinski definition) is 0. The van der Waals surface area contributed by atoms with E-state index in [-0.39, 0.29) is 51.9 Å². The summed E-state index contributed by atoms with van der Waals surface area (Å²) in [5.74, 6) is 3.36. The Morgan fingerprint density at radius 2 is 1.13 bits per heavy atom. The summed E-state index contributed by atoms with van der Waals surface area (Å²) < 4.78 is 20.7. The molecule has 10 atom stereocenters. The number of rotatable bonds is 7. The van der Waals surface area contributed by atoms with Gasteiger partial charge in [0, 0.05) is 5.41 Å². The number of epoxide rings is 1. The molecule has 1 aliphatic heterocycles. The molecule has 0 aromatic carbocycles. The van der Waals surface area contributed by atoms with Crippen molar-refractivity contribution in [2.45, 2.75) is 234 Å². The second-order valence-corrected chi connectivity index (χ2v) is 46.3. The fourth-order valence-corrected chi connectivity index (χ4v) is 15.4. The number of hydrogen-bond acceptors (Lipinski definition) is 3. The van der Waals surface area contributed by atoms with Crippen molar-refractivity contribution >= 4 is 108 Å². The van der Waals surface area contributed by atoms with Crippen molar-refractivity contribution in [2.24, 2.45) is 40.4 Å². The van der Waals surface area contributed by atoms with Gasteiger partial charge in [-0.2, -0.15) is 0 Å². The maximum atomic E-state index is 6.84. The fourth-order valence-electron chi connectivity index (χ4n) is 12.8. The second kappa shape index (κ2) is 23.5. The van der Waals surface area contributed by atoms with E-state index < -0.39 is 16.6 Å². The van der Waals surface area contributed by atoms with Crippen LogP contribution in [-0.4, -0.2) is 40.5 Å².